The summed E-state index contributed by atoms with van der Waals surface area (Å²) in [5.74, 6) is 0.208. The van der Waals surface area contributed by atoms with Gasteiger partial charge in [-0.25, -0.2) is 9.37 Å². The third kappa shape index (κ3) is 3.98. The van der Waals surface area contributed by atoms with Crippen LogP contribution in [0.2, 0.25) is 0 Å². The Balaban J connectivity index is 2.52. The lowest BCUT2D eigenvalue weighted by atomic mass is 10.4. The third-order valence-electron chi connectivity index (χ3n) is 1.90. The van der Waals surface area contributed by atoms with Gasteiger partial charge in [0.1, 0.15) is 0 Å². The Morgan fingerprint density at radius 2 is 2.25 bits per heavy atom. The molecule has 0 bridgehead atoms. The zero-order valence-corrected chi connectivity index (χ0v) is 9.59. The van der Waals surface area contributed by atoms with Gasteiger partial charge in [-0.1, -0.05) is 0 Å². The largest absolute Gasteiger partial charge is 0.385 e. The average molecular weight is 228 g/mol. The molecule has 0 spiro atoms. The van der Waals surface area contributed by atoms with E-state index in [1.54, 1.807) is 7.11 Å². The first-order valence-electron chi connectivity index (χ1n) is 5.27. The summed E-state index contributed by atoms with van der Waals surface area (Å²) in [6, 6.07) is 0. The van der Waals surface area contributed by atoms with Crippen molar-refractivity contribution in [3.05, 3.63) is 12.0 Å². The van der Waals surface area contributed by atoms with E-state index < -0.39 is 5.82 Å². The molecule has 0 saturated carbocycles. The van der Waals surface area contributed by atoms with Gasteiger partial charge in [-0.05, 0) is 13.3 Å². The average Bonchev–Trinajstić information content (AvgIpc) is 2.29. The minimum absolute atomic E-state index is 0.224. The predicted molar refractivity (Wildman–Crippen MR) is 61.1 cm³/mol. The second-order valence-corrected chi connectivity index (χ2v) is 3.19. The summed E-state index contributed by atoms with van der Waals surface area (Å²) in [6.07, 6.45) is 1.96. The van der Waals surface area contributed by atoms with E-state index in [1.165, 1.54) is 0 Å². The lowest BCUT2D eigenvalue weighted by molar-refractivity contribution is 0.197. The lowest BCUT2D eigenvalue weighted by Gasteiger charge is -2.08. The van der Waals surface area contributed by atoms with Crippen LogP contribution in [-0.2, 0) is 4.74 Å². The Labute approximate surface area is 94.4 Å². The molecule has 1 aromatic heterocycles. The fourth-order valence-electron chi connectivity index (χ4n) is 1.16. The Morgan fingerprint density at radius 3 is 2.94 bits per heavy atom. The molecule has 2 N–H and O–H groups in total. The summed E-state index contributed by atoms with van der Waals surface area (Å²) in [6.45, 7) is 3.89. The van der Waals surface area contributed by atoms with Crippen LogP contribution in [0, 0.1) is 5.82 Å². The van der Waals surface area contributed by atoms with Crippen LogP contribution in [0.15, 0.2) is 6.20 Å². The van der Waals surface area contributed by atoms with E-state index >= 15 is 0 Å². The number of nitrogens with zero attached hydrogens (tertiary/aromatic N) is 2. The number of halogens is 1. The zero-order valence-electron chi connectivity index (χ0n) is 9.59. The molecular formula is C10H17FN4O. The van der Waals surface area contributed by atoms with Gasteiger partial charge in [0.15, 0.2) is 11.6 Å². The van der Waals surface area contributed by atoms with E-state index in [2.05, 4.69) is 20.6 Å². The topological polar surface area (TPSA) is 59.1 Å². The van der Waals surface area contributed by atoms with E-state index in [9.17, 15) is 4.39 Å². The summed E-state index contributed by atoms with van der Waals surface area (Å²) in [5.41, 5.74) is 0. The molecule has 0 unspecified atom stereocenters. The Kier molecular flexibility index (Phi) is 5.49. The maximum atomic E-state index is 13.3. The molecule has 16 heavy (non-hydrogen) atoms. The first-order valence-corrected chi connectivity index (χ1v) is 5.27. The van der Waals surface area contributed by atoms with Crippen molar-refractivity contribution in [2.75, 3.05) is 37.4 Å². The molecule has 1 heterocycles. The van der Waals surface area contributed by atoms with Crippen molar-refractivity contribution in [2.24, 2.45) is 0 Å². The van der Waals surface area contributed by atoms with Crippen LogP contribution in [-0.4, -0.2) is 36.8 Å². The number of nitrogens with one attached hydrogen (secondary N) is 2. The van der Waals surface area contributed by atoms with Crippen LogP contribution in [0.25, 0.3) is 0 Å². The Hall–Kier alpha value is -1.43. The number of methoxy groups -OCH3 is 1. The third-order valence-corrected chi connectivity index (χ3v) is 1.90. The Morgan fingerprint density at radius 1 is 1.44 bits per heavy atom. The molecule has 0 aliphatic carbocycles. The van der Waals surface area contributed by atoms with Gasteiger partial charge in [-0.15, -0.1) is 0 Å². The maximum Gasteiger partial charge on any atom is 0.224 e. The standard InChI is InChI=1S/C10H17FN4O/c1-3-12-10-14-7-8(11)9(15-10)13-5-4-6-16-2/h7H,3-6H2,1-2H3,(H2,12,13,14,15). The molecule has 0 saturated heterocycles. The van der Waals surface area contributed by atoms with Crippen molar-refractivity contribution in [3.8, 4) is 0 Å². The quantitative estimate of drug-likeness (QED) is 0.692. The van der Waals surface area contributed by atoms with E-state index in [0.717, 1.165) is 12.6 Å². The molecule has 0 fully saturated rings. The number of rotatable bonds is 7. The summed E-state index contributed by atoms with van der Waals surface area (Å²) in [5, 5.41) is 5.82. The van der Waals surface area contributed by atoms with Crippen molar-refractivity contribution in [3.63, 3.8) is 0 Å². The van der Waals surface area contributed by atoms with Crippen molar-refractivity contribution >= 4 is 11.8 Å². The van der Waals surface area contributed by atoms with Gasteiger partial charge in [0.25, 0.3) is 0 Å². The van der Waals surface area contributed by atoms with Crippen molar-refractivity contribution in [1.29, 1.82) is 0 Å². The highest BCUT2D eigenvalue weighted by Gasteiger charge is 2.05. The molecule has 6 heteroatoms. The highest BCUT2D eigenvalue weighted by molar-refractivity contribution is 5.40. The van der Waals surface area contributed by atoms with Gasteiger partial charge in [0, 0.05) is 26.8 Å². The molecule has 90 valence electrons. The summed E-state index contributed by atoms with van der Waals surface area (Å²) < 4.78 is 18.2. The molecule has 1 aromatic rings. The molecule has 0 atom stereocenters. The maximum absolute atomic E-state index is 13.3. The number of hydrogen-bond donors (Lipinski definition) is 2. The fraction of sp³-hybridized carbons (Fsp3) is 0.600. The second kappa shape index (κ2) is 6.95. The second-order valence-electron chi connectivity index (χ2n) is 3.19. The van der Waals surface area contributed by atoms with Gasteiger partial charge >= 0.3 is 0 Å². The highest BCUT2D eigenvalue weighted by atomic mass is 19.1. The van der Waals surface area contributed by atoms with Gasteiger partial charge in [0.05, 0.1) is 6.20 Å². The van der Waals surface area contributed by atoms with Gasteiger partial charge in [-0.3, -0.25) is 0 Å². The molecule has 5 nitrogen and oxygen atoms in total. The summed E-state index contributed by atoms with van der Waals surface area (Å²) in [7, 11) is 1.63. The summed E-state index contributed by atoms with van der Waals surface area (Å²) >= 11 is 0. The number of aromatic nitrogens is 2. The van der Waals surface area contributed by atoms with Crippen LogP contribution in [0.3, 0.4) is 0 Å². The summed E-state index contributed by atoms with van der Waals surface area (Å²) in [4.78, 5) is 7.82. The van der Waals surface area contributed by atoms with Crippen LogP contribution in [0.5, 0.6) is 0 Å². The number of anilines is 2. The van der Waals surface area contributed by atoms with Crippen molar-refractivity contribution < 1.29 is 9.13 Å². The molecular weight excluding hydrogens is 211 g/mol. The van der Waals surface area contributed by atoms with Crippen LogP contribution < -0.4 is 10.6 Å². The molecule has 0 radical (unpaired) electrons. The fourth-order valence-corrected chi connectivity index (χ4v) is 1.16. The van der Waals surface area contributed by atoms with Gasteiger partial charge < -0.3 is 15.4 Å². The number of hydrogen-bond acceptors (Lipinski definition) is 5. The first-order chi connectivity index (χ1) is 7.77. The lowest BCUT2D eigenvalue weighted by Crippen LogP contribution is -2.10. The monoisotopic (exact) mass is 228 g/mol. The van der Waals surface area contributed by atoms with Crippen LogP contribution in [0.1, 0.15) is 13.3 Å². The van der Waals surface area contributed by atoms with Crippen molar-refractivity contribution in [2.45, 2.75) is 13.3 Å². The van der Waals surface area contributed by atoms with Crippen LogP contribution >= 0.6 is 0 Å². The molecule has 0 aromatic carbocycles. The molecule has 0 amide bonds. The van der Waals surface area contributed by atoms with Gasteiger partial charge in [0.2, 0.25) is 5.95 Å². The first kappa shape index (κ1) is 12.6. The van der Waals surface area contributed by atoms with E-state index in [4.69, 9.17) is 4.74 Å². The Bertz CT molecular complexity index is 322. The zero-order chi connectivity index (χ0) is 11.8. The van der Waals surface area contributed by atoms with Crippen molar-refractivity contribution in [1.82, 2.24) is 9.97 Å². The normalized spacial score (nSPS) is 10.2. The van der Waals surface area contributed by atoms with E-state index in [1.807, 2.05) is 6.92 Å². The smallest absolute Gasteiger partial charge is 0.224 e. The molecule has 1 rings (SSSR count). The number of ether oxygens (including phenoxy) is 1. The van der Waals surface area contributed by atoms with Gasteiger partial charge in [-0.2, -0.15) is 4.98 Å². The SMILES string of the molecule is CCNc1ncc(F)c(NCCCOC)n1. The minimum Gasteiger partial charge on any atom is -0.385 e. The molecule has 0 aliphatic rings. The van der Waals surface area contributed by atoms with Crippen LogP contribution in [0.4, 0.5) is 16.2 Å². The minimum atomic E-state index is -0.445. The van der Waals surface area contributed by atoms with E-state index in [-0.39, 0.29) is 5.82 Å². The molecule has 0 aliphatic heterocycles. The van der Waals surface area contributed by atoms with E-state index in [0.29, 0.717) is 25.6 Å². The predicted octanol–water partition coefficient (Wildman–Crippen LogP) is 1.50. The highest BCUT2D eigenvalue weighted by Crippen LogP contribution is 2.11.